The third kappa shape index (κ3) is 4.28. The van der Waals surface area contributed by atoms with Crippen molar-refractivity contribution in [1.29, 1.82) is 0 Å². The van der Waals surface area contributed by atoms with Gasteiger partial charge in [0.2, 0.25) is 0 Å². The highest BCUT2D eigenvalue weighted by molar-refractivity contribution is 6.31. The number of benzene rings is 2. The first kappa shape index (κ1) is 16.8. The molecule has 1 saturated heterocycles. The maximum Gasteiger partial charge on any atom is 0.321 e. The second-order valence-electron chi connectivity index (χ2n) is 6.05. The molecule has 0 radical (unpaired) electrons. The fraction of sp³-hybridized carbons (Fsp3) is 0.316. The molecule has 1 N–H and O–H groups in total. The second-order valence-corrected chi connectivity index (χ2v) is 6.45. The zero-order chi connectivity index (χ0) is 16.9. The Bertz CT molecular complexity index is 706. The lowest BCUT2D eigenvalue weighted by molar-refractivity contribution is 0.0491. The van der Waals surface area contributed by atoms with Crippen LogP contribution in [0.25, 0.3) is 0 Å². The number of nitrogens with zero attached hydrogens (tertiary/aromatic N) is 1. The van der Waals surface area contributed by atoms with Crippen molar-refractivity contribution in [3.8, 4) is 0 Å². The van der Waals surface area contributed by atoms with Gasteiger partial charge in [-0.3, -0.25) is 0 Å². The summed E-state index contributed by atoms with van der Waals surface area (Å²) in [6.45, 7) is 3.82. The molecule has 24 heavy (non-hydrogen) atoms. The number of carbonyl (C=O) groups is 1. The third-order valence-electron chi connectivity index (χ3n) is 4.18. The molecule has 5 heteroatoms. The van der Waals surface area contributed by atoms with Gasteiger partial charge in [0.15, 0.2) is 0 Å². The monoisotopic (exact) mass is 344 g/mol. The van der Waals surface area contributed by atoms with Crippen LogP contribution >= 0.6 is 11.6 Å². The summed E-state index contributed by atoms with van der Waals surface area (Å²) < 4.78 is 5.91. The van der Waals surface area contributed by atoms with E-state index in [1.165, 1.54) is 0 Å². The maximum atomic E-state index is 12.3. The van der Waals surface area contributed by atoms with E-state index in [4.69, 9.17) is 16.3 Å². The fourth-order valence-corrected chi connectivity index (χ4v) is 2.89. The molecule has 1 fully saturated rings. The normalized spacial score (nSPS) is 17.1. The molecule has 126 valence electrons. The number of anilines is 1. The molecule has 0 saturated carbocycles. The largest absolute Gasteiger partial charge is 0.372 e. The highest BCUT2D eigenvalue weighted by Crippen LogP contribution is 2.21. The lowest BCUT2D eigenvalue weighted by Gasteiger charge is -2.18. The van der Waals surface area contributed by atoms with Crippen LogP contribution < -0.4 is 5.32 Å². The van der Waals surface area contributed by atoms with Crippen molar-refractivity contribution < 1.29 is 9.53 Å². The topological polar surface area (TPSA) is 41.6 Å². The van der Waals surface area contributed by atoms with Crippen molar-refractivity contribution >= 4 is 23.3 Å². The van der Waals surface area contributed by atoms with Gasteiger partial charge >= 0.3 is 6.03 Å². The van der Waals surface area contributed by atoms with Gasteiger partial charge in [0.25, 0.3) is 0 Å². The molecule has 1 atom stereocenters. The molecule has 0 aliphatic carbocycles. The minimum Gasteiger partial charge on any atom is -0.372 e. The van der Waals surface area contributed by atoms with E-state index in [-0.39, 0.29) is 12.1 Å². The number of hydrogen-bond donors (Lipinski definition) is 1. The minimum absolute atomic E-state index is 0.0811. The van der Waals surface area contributed by atoms with E-state index in [0.717, 1.165) is 17.5 Å². The van der Waals surface area contributed by atoms with E-state index in [0.29, 0.717) is 30.4 Å². The number of halogens is 1. The predicted molar refractivity (Wildman–Crippen MR) is 96.4 cm³/mol. The molecule has 0 spiro atoms. The van der Waals surface area contributed by atoms with Gasteiger partial charge in [0, 0.05) is 23.8 Å². The molecule has 2 amide bonds. The molecular formula is C19H21ClN2O2. The molecule has 2 aromatic rings. The number of likely N-dealkylation sites (tertiary alicyclic amines) is 1. The first-order valence-corrected chi connectivity index (χ1v) is 8.47. The van der Waals surface area contributed by atoms with Gasteiger partial charge < -0.3 is 15.0 Å². The first-order valence-electron chi connectivity index (χ1n) is 8.09. The average molecular weight is 345 g/mol. The van der Waals surface area contributed by atoms with Crippen LogP contribution in [0.15, 0.2) is 48.5 Å². The number of amides is 2. The van der Waals surface area contributed by atoms with Crippen LogP contribution in [0.2, 0.25) is 5.02 Å². The summed E-state index contributed by atoms with van der Waals surface area (Å²) in [4.78, 5) is 14.1. The number of nitrogens with one attached hydrogen (secondary N) is 1. The van der Waals surface area contributed by atoms with Crippen LogP contribution in [0.4, 0.5) is 10.5 Å². The highest BCUT2D eigenvalue weighted by Gasteiger charge is 2.26. The number of carbonyl (C=O) groups excluding carboxylic acids is 1. The second kappa shape index (κ2) is 7.69. The van der Waals surface area contributed by atoms with E-state index in [9.17, 15) is 4.79 Å². The molecular weight excluding hydrogens is 324 g/mol. The summed E-state index contributed by atoms with van der Waals surface area (Å²) in [6, 6.07) is 15.5. The molecule has 1 heterocycles. The third-order valence-corrected chi connectivity index (χ3v) is 4.59. The predicted octanol–water partition coefficient (Wildman–Crippen LogP) is 4.47. The standard InChI is InChI=1S/C19H21ClN2O2/c1-14-7-8-16(11-18(14)20)21-19(23)22-10-9-17(12-22)24-13-15-5-3-2-4-6-15/h2-8,11,17H,9-10,12-13H2,1H3,(H,21,23). The number of hydrogen-bond acceptors (Lipinski definition) is 2. The molecule has 1 unspecified atom stereocenters. The summed E-state index contributed by atoms with van der Waals surface area (Å²) in [5.74, 6) is 0. The van der Waals surface area contributed by atoms with Crippen molar-refractivity contribution in [2.45, 2.75) is 26.1 Å². The zero-order valence-electron chi connectivity index (χ0n) is 13.7. The van der Waals surface area contributed by atoms with Gasteiger partial charge in [0.05, 0.1) is 12.7 Å². The van der Waals surface area contributed by atoms with Crippen LogP contribution in [0, 0.1) is 6.92 Å². The summed E-state index contributed by atoms with van der Waals surface area (Å²) in [5, 5.41) is 3.54. The van der Waals surface area contributed by atoms with Crippen LogP contribution in [-0.2, 0) is 11.3 Å². The van der Waals surface area contributed by atoms with Gasteiger partial charge in [-0.1, -0.05) is 48.0 Å². The maximum absolute atomic E-state index is 12.3. The minimum atomic E-state index is -0.110. The fourth-order valence-electron chi connectivity index (χ4n) is 2.71. The number of aryl methyl sites for hydroxylation is 1. The Morgan fingerprint density at radius 3 is 2.83 bits per heavy atom. The van der Waals surface area contributed by atoms with E-state index < -0.39 is 0 Å². The first-order chi connectivity index (χ1) is 11.6. The Morgan fingerprint density at radius 1 is 1.29 bits per heavy atom. The van der Waals surface area contributed by atoms with Crippen LogP contribution in [0.5, 0.6) is 0 Å². The van der Waals surface area contributed by atoms with Gasteiger partial charge in [-0.05, 0) is 36.6 Å². The van der Waals surface area contributed by atoms with Gasteiger partial charge in [-0.25, -0.2) is 4.79 Å². The van der Waals surface area contributed by atoms with Crippen molar-refractivity contribution in [1.82, 2.24) is 4.90 Å². The number of urea groups is 1. The Labute approximate surface area is 147 Å². The summed E-state index contributed by atoms with van der Waals surface area (Å²) in [7, 11) is 0. The average Bonchev–Trinajstić information content (AvgIpc) is 3.06. The molecule has 4 nitrogen and oxygen atoms in total. The zero-order valence-corrected chi connectivity index (χ0v) is 14.4. The molecule has 2 aromatic carbocycles. The smallest absolute Gasteiger partial charge is 0.321 e. The molecule has 1 aliphatic heterocycles. The Kier molecular flexibility index (Phi) is 5.38. The molecule has 0 aromatic heterocycles. The number of ether oxygens (including phenoxy) is 1. The van der Waals surface area contributed by atoms with E-state index in [1.807, 2.05) is 49.4 Å². The molecule has 0 bridgehead atoms. The van der Waals surface area contributed by atoms with E-state index >= 15 is 0 Å². The lowest BCUT2D eigenvalue weighted by atomic mass is 10.2. The lowest BCUT2D eigenvalue weighted by Crippen LogP contribution is -2.34. The van der Waals surface area contributed by atoms with Gasteiger partial charge in [-0.15, -0.1) is 0 Å². The van der Waals surface area contributed by atoms with Gasteiger partial charge in [-0.2, -0.15) is 0 Å². The van der Waals surface area contributed by atoms with Gasteiger partial charge in [0.1, 0.15) is 0 Å². The Morgan fingerprint density at radius 2 is 2.08 bits per heavy atom. The van der Waals surface area contributed by atoms with Crippen LogP contribution in [-0.4, -0.2) is 30.1 Å². The molecule has 3 rings (SSSR count). The Balaban J connectivity index is 1.49. The molecule has 1 aliphatic rings. The van der Waals surface area contributed by atoms with Crippen molar-refractivity contribution in [2.24, 2.45) is 0 Å². The summed E-state index contributed by atoms with van der Waals surface area (Å²) in [5.41, 5.74) is 2.85. The van der Waals surface area contributed by atoms with Crippen LogP contribution in [0.1, 0.15) is 17.5 Å². The summed E-state index contributed by atoms with van der Waals surface area (Å²) in [6.07, 6.45) is 0.937. The van der Waals surface area contributed by atoms with E-state index in [2.05, 4.69) is 5.32 Å². The SMILES string of the molecule is Cc1ccc(NC(=O)N2CCC(OCc3ccccc3)C2)cc1Cl. The highest BCUT2D eigenvalue weighted by atomic mass is 35.5. The number of rotatable bonds is 4. The van der Waals surface area contributed by atoms with Crippen molar-refractivity contribution in [3.63, 3.8) is 0 Å². The van der Waals surface area contributed by atoms with E-state index in [1.54, 1.807) is 11.0 Å². The van der Waals surface area contributed by atoms with Crippen molar-refractivity contribution in [2.75, 3.05) is 18.4 Å². The van der Waals surface area contributed by atoms with Crippen molar-refractivity contribution in [3.05, 3.63) is 64.7 Å². The van der Waals surface area contributed by atoms with Crippen LogP contribution in [0.3, 0.4) is 0 Å². The Hall–Kier alpha value is -2.04. The quantitative estimate of drug-likeness (QED) is 0.889. The summed E-state index contributed by atoms with van der Waals surface area (Å²) >= 11 is 6.09.